The van der Waals surface area contributed by atoms with Crippen LogP contribution in [0, 0.1) is 6.92 Å². The molecule has 0 unspecified atom stereocenters. The zero-order valence-corrected chi connectivity index (χ0v) is 20.0. The largest absolute Gasteiger partial charge is 0.419 e. The normalized spacial score (nSPS) is 18.2. The van der Waals surface area contributed by atoms with E-state index in [-0.39, 0.29) is 23.2 Å². The fourth-order valence-corrected chi connectivity index (χ4v) is 4.09. The number of ether oxygens (including phenoxy) is 1. The monoisotopic (exact) mass is 477 g/mol. The molecule has 1 fully saturated rings. The van der Waals surface area contributed by atoms with Crippen molar-refractivity contribution < 1.29 is 19.2 Å². The maximum Gasteiger partial charge on any atom is 0.253 e. The summed E-state index contributed by atoms with van der Waals surface area (Å²) in [6, 6.07) is 6.66. The number of carbonyl (C=O) groups is 1. The standard InChI is InChI=1S/C24H27N7O4/c1-13-10-17(30-35-13)21-28-27-19-11-15(24(2,3)4)23(29-31(19)21)34-20-9-8-14(12-25-20)22(33)26-16-6-5-7-18(16)32/h8-12,16,18,32H,5-7H2,1-4H3,(H,26,33)/t16-,18-/m0/s1. The van der Waals surface area contributed by atoms with E-state index in [1.54, 1.807) is 29.6 Å². The lowest BCUT2D eigenvalue weighted by atomic mass is 9.88. The molecular weight excluding hydrogens is 450 g/mol. The van der Waals surface area contributed by atoms with Gasteiger partial charge >= 0.3 is 0 Å². The predicted molar refractivity (Wildman–Crippen MR) is 125 cm³/mol. The number of nitrogens with zero attached hydrogens (tertiary/aromatic N) is 6. The van der Waals surface area contributed by atoms with Gasteiger partial charge in [-0.3, -0.25) is 4.79 Å². The summed E-state index contributed by atoms with van der Waals surface area (Å²) in [7, 11) is 0. The smallest absolute Gasteiger partial charge is 0.253 e. The van der Waals surface area contributed by atoms with Gasteiger partial charge in [0.05, 0.1) is 17.7 Å². The van der Waals surface area contributed by atoms with Crippen molar-refractivity contribution in [1.82, 2.24) is 35.3 Å². The van der Waals surface area contributed by atoms with E-state index in [4.69, 9.17) is 9.26 Å². The van der Waals surface area contributed by atoms with Crippen molar-refractivity contribution in [3.63, 3.8) is 0 Å². The first-order valence-electron chi connectivity index (χ1n) is 11.5. The number of aromatic nitrogens is 6. The van der Waals surface area contributed by atoms with Crippen molar-refractivity contribution in [3.8, 4) is 23.3 Å². The van der Waals surface area contributed by atoms with E-state index in [1.807, 2.05) is 26.8 Å². The summed E-state index contributed by atoms with van der Waals surface area (Å²) in [4.78, 5) is 16.9. The fourth-order valence-electron chi connectivity index (χ4n) is 4.09. The highest BCUT2D eigenvalue weighted by Crippen LogP contribution is 2.33. The molecule has 4 aromatic heterocycles. The number of aliphatic hydroxyl groups is 1. The van der Waals surface area contributed by atoms with Crippen molar-refractivity contribution in [2.75, 3.05) is 0 Å². The molecule has 0 bridgehead atoms. The second kappa shape index (κ2) is 8.73. The minimum Gasteiger partial charge on any atom is -0.419 e. The Balaban J connectivity index is 1.44. The van der Waals surface area contributed by atoms with E-state index >= 15 is 0 Å². The predicted octanol–water partition coefficient (Wildman–Crippen LogP) is 3.22. The molecule has 2 N–H and O–H groups in total. The quantitative estimate of drug-likeness (QED) is 0.443. The van der Waals surface area contributed by atoms with Crippen LogP contribution < -0.4 is 10.1 Å². The van der Waals surface area contributed by atoms with Gasteiger partial charge in [-0.15, -0.1) is 15.3 Å². The number of aryl methyl sites for hydroxylation is 1. The van der Waals surface area contributed by atoms with Gasteiger partial charge in [0, 0.05) is 23.9 Å². The molecule has 0 aliphatic heterocycles. The Morgan fingerprint density at radius 1 is 1.23 bits per heavy atom. The van der Waals surface area contributed by atoms with Gasteiger partial charge in [0.2, 0.25) is 17.6 Å². The number of fused-ring (bicyclic) bond motifs is 1. The molecule has 2 atom stereocenters. The Bertz CT molecular complexity index is 1370. The molecule has 1 aliphatic carbocycles. The highest BCUT2D eigenvalue weighted by atomic mass is 16.5. The first kappa shape index (κ1) is 22.9. The summed E-state index contributed by atoms with van der Waals surface area (Å²) in [5, 5.41) is 30.0. The van der Waals surface area contributed by atoms with Gasteiger partial charge in [0.25, 0.3) is 5.91 Å². The van der Waals surface area contributed by atoms with Crippen LogP contribution in [0.2, 0.25) is 0 Å². The van der Waals surface area contributed by atoms with Gasteiger partial charge in [0.1, 0.15) is 5.76 Å². The molecule has 1 saturated carbocycles. The zero-order chi connectivity index (χ0) is 24.7. The molecule has 4 heterocycles. The molecule has 1 amide bonds. The zero-order valence-electron chi connectivity index (χ0n) is 20.0. The Hall–Kier alpha value is -3.86. The molecule has 11 nitrogen and oxygen atoms in total. The SMILES string of the molecule is Cc1cc(-c2nnc3cc(C(C)(C)C)c(Oc4ccc(C(=O)N[C@H]5CCC[C@@H]5O)cn4)nn23)no1. The van der Waals surface area contributed by atoms with Crippen molar-refractivity contribution in [2.45, 2.75) is 64.5 Å². The van der Waals surface area contributed by atoms with Crippen molar-refractivity contribution in [3.05, 3.63) is 47.3 Å². The van der Waals surface area contributed by atoms with Crippen LogP contribution in [0.15, 0.2) is 35.0 Å². The van der Waals surface area contributed by atoms with Gasteiger partial charge in [-0.2, -0.15) is 4.52 Å². The highest BCUT2D eigenvalue weighted by molar-refractivity contribution is 5.94. The van der Waals surface area contributed by atoms with E-state index in [0.29, 0.717) is 40.8 Å². The number of hydrogen-bond donors (Lipinski definition) is 2. The minimum absolute atomic E-state index is 0.227. The molecule has 1 aliphatic rings. The highest BCUT2D eigenvalue weighted by Gasteiger charge is 2.27. The molecule has 0 aromatic carbocycles. The molecule has 4 aromatic rings. The van der Waals surface area contributed by atoms with Crippen LogP contribution in [0.5, 0.6) is 11.8 Å². The van der Waals surface area contributed by atoms with E-state index in [9.17, 15) is 9.90 Å². The van der Waals surface area contributed by atoms with Gasteiger partial charge in [-0.25, -0.2) is 4.98 Å². The number of amides is 1. The van der Waals surface area contributed by atoms with E-state index in [1.165, 1.54) is 6.20 Å². The maximum absolute atomic E-state index is 12.5. The number of aliphatic hydroxyl groups excluding tert-OH is 1. The van der Waals surface area contributed by atoms with Crippen molar-refractivity contribution >= 4 is 11.6 Å². The van der Waals surface area contributed by atoms with Crippen LogP contribution in [0.3, 0.4) is 0 Å². The minimum atomic E-state index is -0.505. The van der Waals surface area contributed by atoms with Gasteiger partial charge in [0.15, 0.2) is 11.3 Å². The van der Waals surface area contributed by atoms with Gasteiger partial charge < -0.3 is 19.7 Å². The third-order valence-corrected chi connectivity index (χ3v) is 6.02. The first-order chi connectivity index (χ1) is 16.7. The average molecular weight is 478 g/mol. The molecular formula is C24H27N7O4. The number of rotatable bonds is 5. The number of pyridine rings is 1. The maximum atomic E-state index is 12.5. The Labute approximate surface area is 201 Å². The van der Waals surface area contributed by atoms with Crippen molar-refractivity contribution in [1.29, 1.82) is 0 Å². The lowest BCUT2D eigenvalue weighted by Crippen LogP contribution is -2.39. The fraction of sp³-hybridized carbons (Fsp3) is 0.417. The second-order valence-electron chi connectivity index (χ2n) is 9.79. The molecule has 0 saturated heterocycles. The lowest BCUT2D eigenvalue weighted by molar-refractivity contribution is 0.0873. The van der Waals surface area contributed by atoms with E-state index < -0.39 is 6.10 Å². The number of hydrogen-bond acceptors (Lipinski definition) is 9. The molecule has 0 spiro atoms. The van der Waals surface area contributed by atoms with Crippen LogP contribution in [0.1, 0.15) is 61.7 Å². The van der Waals surface area contributed by atoms with Gasteiger partial charge in [-0.05, 0) is 43.7 Å². The van der Waals surface area contributed by atoms with Crippen LogP contribution in [0.4, 0.5) is 0 Å². The summed E-state index contributed by atoms with van der Waals surface area (Å²) in [5.41, 5.74) is 1.96. The first-order valence-corrected chi connectivity index (χ1v) is 11.5. The van der Waals surface area contributed by atoms with Crippen LogP contribution in [-0.4, -0.2) is 53.1 Å². The van der Waals surface area contributed by atoms with E-state index in [2.05, 4.69) is 30.8 Å². The van der Waals surface area contributed by atoms with Crippen LogP contribution in [0.25, 0.3) is 17.2 Å². The molecule has 5 rings (SSSR count). The molecule has 182 valence electrons. The average Bonchev–Trinajstić information content (AvgIpc) is 3.53. The summed E-state index contributed by atoms with van der Waals surface area (Å²) in [6.45, 7) is 7.93. The summed E-state index contributed by atoms with van der Waals surface area (Å²) >= 11 is 0. The Morgan fingerprint density at radius 3 is 2.69 bits per heavy atom. The van der Waals surface area contributed by atoms with Crippen LogP contribution in [-0.2, 0) is 5.41 Å². The molecule has 11 heteroatoms. The van der Waals surface area contributed by atoms with Gasteiger partial charge in [-0.1, -0.05) is 25.9 Å². The molecule has 0 radical (unpaired) electrons. The number of carbonyl (C=O) groups excluding carboxylic acids is 1. The van der Waals surface area contributed by atoms with Crippen molar-refractivity contribution in [2.24, 2.45) is 0 Å². The lowest BCUT2D eigenvalue weighted by Gasteiger charge is -2.21. The number of nitrogens with one attached hydrogen (secondary N) is 1. The van der Waals surface area contributed by atoms with E-state index in [0.717, 1.165) is 18.4 Å². The molecule has 35 heavy (non-hydrogen) atoms. The third kappa shape index (κ3) is 4.59. The summed E-state index contributed by atoms with van der Waals surface area (Å²) < 4.78 is 12.8. The Kier molecular flexibility index (Phi) is 5.72. The summed E-state index contributed by atoms with van der Waals surface area (Å²) in [5.74, 6) is 1.42. The topological polar surface area (TPSA) is 141 Å². The Morgan fingerprint density at radius 2 is 2.06 bits per heavy atom. The third-order valence-electron chi connectivity index (χ3n) is 6.02. The summed E-state index contributed by atoms with van der Waals surface area (Å²) in [6.07, 6.45) is 3.31. The second-order valence-corrected chi connectivity index (χ2v) is 9.79. The van der Waals surface area contributed by atoms with Crippen LogP contribution >= 0.6 is 0 Å².